The third kappa shape index (κ3) is 5.02. The number of benzene rings is 2. The summed E-state index contributed by atoms with van der Waals surface area (Å²) in [6.07, 6.45) is 9.21. The van der Waals surface area contributed by atoms with Gasteiger partial charge in [0.2, 0.25) is 0 Å². The van der Waals surface area contributed by atoms with Crippen LogP contribution in [0.4, 0.5) is 11.4 Å². The van der Waals surface area contributed by atoms with Gasteiger partial charge in [-0.05, 0) is 71.7 Å². The molecule has 0 N–H and O–H groups in total. The molecule has 3 atom stereocenters. The quantitative estimate of drug-likeness (QED) is 0.295. The summed E-state index contributed by atoms with van der Waals surface area (Å²) in [7, 11) is 0. The topological polar surface area (TPSA) is 12.5 Å². The van der Waals surface area contributed by atoms with Gasteiger partial charge in [0.1, 0.15) is 11.9 Å². The van der Waals surface area contributed by atoms with Crippen molar-refractivity contribution >= 4 is 50.6 Å². The summed E-state index contributed by atoms with van der Waals surface area (Å²) in [4.78, 5) is 2.44. The Labute approximate surface area is 213 Å². The van der Waals surface area contributed by atoms with Crippen molar-refractivity contribution in [1.29, 1.82) is 0 Å². The highest BCUT2D eigenvalue weighted by molar-refractivity contribution is 7.65. The lowest BCUT2D eigenvalue weighted by molar-refractivity contribution is 0.217. The molecule has 0 fully saturated rings. The first-order valence-corrected chi connectivity index (χ1v) is 16.6. The normalized spacial score (nSPS) is 20.8. The standard InChI is InChI=1S/C27H32Cl3NOSi/c1-17-13-21(27(4,5)6)14-18(2)26(17)31-22-9-7-8-10-24(22)32-25-16-20(11-12-23(25)31)15-19(3)33(28,29)30/h7-14,16,19,22,24H,15H2,1-6H3. The predicted octanol–water partition coefficient (Wildman–Crippen LogP) is 8.58. The second-order valence-corrected chi connectivity index (χ2v) is 19.5. The van der Waals surface area contributed by atoms with Crippen LogP contribution in [0.25, 0.3) is 0 Å². The van der Waals surface area contributed by atoms with Crippen molar-refractivity contribution < 1.29 is 4.74 Å². The highest BCUT2D eigenvalue weighted by atomic mass is 35.8. The summed E-state index contributed by atoms with van der Waals surface area (Å²) in [5.74, 6) is 0.880. The van der Waals surface area contributed by atoms with Gasteiger partial charge in [0.15, 0.2) is 0 Å². The number of rotatable bonds is 4. The summed E-state index contributed by atoms with van der Waals surface area (Å²) in [5, 5.41) is 0. The molecule has 4 rings (SSSR count). The Hall–Kier alpha value is -1.39. The third-order valence-corrected chi connectivity index (χ3v) is 11.3. The molecule has 1 heterocycles. The van der Waals surface area contributed by atoms with Crippen LogP contribution < -0.4 is 9.64 Å². The molecule has 6 heteroatoms. The number of hydrogen-bond donors (Lipinski definition) is 0. The van der Waals surface area contributed by atoms with Crippen molar-refractivity contribution in [2.45, 2.75) is 71.1 Å². The van der Waals surface area contributed by atoms with Gasteiger partial charge in [0.25, 0.3) is 0 Å². The van der Waals surface area contributed by atoms with E-state index in [0.29, 0.717) is 0 Å². The van der Waals surface area contributed by atoms with E-state index in [9.17, 15) is 0 Å². The van der Waals surface area contributed by atoms with Crippen LogP contribution >= 0.6 is 33.2 Å². The number of allylic oxidation sites excluding steroid dienone is 2. The van der Waals surface area contributed by atoms with Gasteiger partial charge in [-0.2, -0.15) is 0 Å². The molecular formula is C27H32Cl3NOSi. The van der Waals surface area contributed by atoms with Crippen LogP contribution in [0.3, 0.4) is 0 Å². The van der Waals surface area contributed by atoms with E-state index in [2.05, 4.69) is 94.2 Å². The molecule has 0 radical (unpaired) electrons. The minimum absolute atomic E-state index is 0.0277. The summed E-state index contributed by atoms with van der Waals surface area (Å²) in [6.45, 7) is 13.2. The molecule has 2 aliphatic rings. The molecule has 1 aliphatic carbocycles. The molecule has 0 saturated heterocycles. The second-order valence-electron chi connectivity index (χ2n) is 10.4. The third-order valence-electron chi connectivity index (χ3n) is 6.60. The minimum atomic E-state index is -2.76. The van der Waals surface area contributed by atoms with Crippen molar-refractivity contribution in [3.8, 4) is 5.75 Å². The van der Waals surface area contributed by atoms with Gasteiger partial charge < -0.3 is 9.64 Å². The van der Waals surface area contributed by atoms with Crippen molar-refractivity contribution in [2.75, 3.05) is 4.90 Å². The smallest absolute Gasteiger partial charge is 0.344 e. The average Bonchev–Trinajstić information content (AvgIpc) is 2.71. The lowest BCUT2D eigenvalue weighted by Crippen LogP contribution is -2.46. The Morgan fingerprint density at radius 2 is 1.64 bits per heavy atom. The van der Waals surface area contributed by atoms with Crippen LogP contribution in [0.5, 0.6) is 5.75 Å². The average molecular weight is 521 g/mol. The van der Waals surface area contributed by atoms with E-state index in [-0.39, 0.29) is 23.1 Å². The van der Waals surface area contributed by atoms with Crippen LogP contribution in [0, 0.1) is 13.8 Å². The van der Waals surface area contributed by atoms with Crippen molar-refractivity contribution in [3.05, 3.63) is 76.9 Å². The lowest BCUT2D eigenvalue weighted by Gasteiger charge is -2.44. The molecule has 0 saturated carbocycles. The first kappa shape index (κ1) is 24.7. The number of anilines is 2. The van der Waals surface area contributed by atoms with E-state index >= 15 is 0 Å². The highest BCUT2D eigenvalue weighted by Gasteiger charge is 2.37. The van der Waals surface area contributed by atoms with Crippen molar-refractivity contribution in [3.63, 3.8) is 0 Å². The van der Waals surface area contributed by atoms with E-state index < -0.39 is 6.00 Å². The first-order valence-electron chi connectivity index (χ1n) is 11.5. The van der Waals surface area contributed by atoms with Gasteiger partial charge >= 0.3 is 6.00 Å². The molecule has 2 aromatic rings. The first-order chi connectivity index (χ1) is 15.4. The zero-order valence-electron chi connectivity index (χ0n) is 20.1. The lowest BCUT2D eigenvalue weighted by atomic mass is 9.84. The van der Waals surface area contributed by atoms with Crippen LogP contribution in [0.2, 0.25) is 5.54 Å². The summed E-state index contributed by atoms with van der Waals surface area (Å²) in [5.41, 5.74) is 7.48. The van der Waals surface area contributed by atoms with E-state index in [1.807, 2.05) is 6.92 Å². The largest absolute Gasteiger partial charge is 0.482 e. The summed E-state index contributed by atoms with van der Waals surface area (Å²) >= 11 is 18.8. The highest BCUT2D eigenvalue weighted by Crippen LogP contribution is 2.46. The van der Waals surface area contributed by atoms with E-state index in [1.54, 1.807) is 0 Å². The maximum atomic E-state index is 6.49. The predicted molar refractivity (Wildman–Crippen MR) is 146 cm³/mol. The van der Waals surface area contributed by atoms with Gasteiger partial charge in [-0.25, -0.2) is 0 Å². The van der Waals surface area contributed by atoms with Crippen molar-refractivity contribution in [2.24, 2.45) is 0 Å². The molecule has 176 valence electrons. The molecule has 0 bridgehead atoms. The van der Waals surface area contributed by atoms with Gasteiger partial charge in [0.05, 0.1) is 11.7 Å². The van der Waals surface area contributed by atoms with E-state index in [4.69, 9.17) is 38.0 Å². The van der Waals surface area contributed by atoms with Gasteiger partial charge in [-0.3, -0.25) is 0 Å². The molecular weight excluding hydrogens is 489 g/mol. The maximum absolute atomic E-state index is 6.49. The summed E-state index contributed by atoms with van der Waals surface area (Å²) < 4.78 is 6.49. The number of ether oxygens (including phenoxy) is 1. The number of hydrogen-bond acceptors (Lipinski definition) is 2. The molecule has 0 amide bonds. The SMILES string of the molecule is Cc1cc(C(C)(C)C)cc(C)c1N1c2ccc(CC(C)[Si](Cl)(Cl)Cl)cc2OC2C=CC=CC21. The maximum Gasteiger partial charge on any atom is 0.344 e. The molecule has 0 aromatic heterocycles. The van der Waals surface area contributed by atoms with Crippen LogP contribution in [0.1, 0.15) is 49.9 Å². The fourth-order valence-electron chi connectivity index (χ4n) is 4.71. The van der Waals surface area contributed by atoms with Gasteiger partial charge in [-0.15, -0.1) is 33.2 Å². The van der Waals surface area contributed by atoms with Crippen LogP contribution in [0.15, 0.2) is 54.6 Å². The van der Waals surface area contributed by atoms with E-state index in [1.165, 1.54) is 22.4 Å². The fourth-order valence-corrected chi connectivity index (χ4v) is 5.87. The fraction of sp³-hybridized carbons (Fsp3) is 0.407. The monoisotopic (exact) mass is 519 g/mol. The molecule has 33 heavy (non-hydrogen) atoms. The van der Waals surface area contributed by atoms with Gasteiger partial charge in [0, 0.05) is 5.69 Å². The Balaban J connectivity index is 1.81. The zero-order chi connectivity index (χ0) is 24.1. The molecule has 0 spiro atoms. The van der Waals surface area contributed by atoms with Crippen LogP contribution in [-0.4, -0.2) is 18.1 Å². The van der Waals surface area contributed by atoms with E-state index in [0.717, 1.165) is 23.4 Å². The zero-order valence-corrected chi connectivity index (χ0v) is 23.4. The summed E-state index contributed by atoms with van der Waals surface area (Å²) in [6, 6.07) is 8.43. The molecule has 2 nitrogen and oxygen atoms in total. The Morgan fingerprint density at radius 3 is 2.24 bits per heavy atom. The van der Waals surface area contributed by atoms with Crippen molar-refractivity contribution in [1.82, 2.24) is 0 Å². The molecule has 3 unspecified atom stereocenters. The van der Waals surface area contributed by atoms with Gasteiger partial charge in [-0.1, -0.05) is 64.1 Å². The number of nitrogens with zero attached hydrogens (tertiary/aromatic N) is 1. The minimum Gasteiger partial charge on any atom is -0.482 e. The molecule has 1 aliphatic heterocycles. The van der Waals surface area contributed by atoms with Crippen LogP contribution in [-0.2, 0) is 11.8 Å². The Bertz CT molecular complexity index is 1090. The Kier molecular flexibility index (Phi) is 6.74. The number of halogens is 3. The molecule has 2 aromatic carbocycles. The number of aryl methyl sites for hydroxylation is 2. The number of fused-ring (bicyclic) bond motifs is 2. The second kappa shape index (κ2) is 9.00. The Morgan fingerprint density at radius 1 is 1.00 bits per heavy atom.